The van der Waals surface area contributed by atoms with E-state index in [1.54, 1.807) is 18.2 Å². The number of anilines is 1. The highest BCUT2D eigenvalue weighted by molar-refractivity contribution is 6.42. The van der Waals surface area contributed by atoms with Gasteiger partial charge >= 0.3 is 0 Å². The number of halogens is 2. The molecule has 128 valence electrons. The molecular formula is C19H21Cl2NO2. The molecule has 0 spiro atoms. The van der Waals surface area contributed by atoms with Crippen molar-refractivity contribution in [3.8, 4) is 5.75 Å². The smallest absolute Gasteiger partial charge is 0.224 e. The van der Waals surface area contributed by atoms with Gasteiger partial charge in [0.25, 0.3) is 0 Å². The van der Waals surface area contributed by atoms with Crippen molar-refractivity contribution < 1.29 is 9.53 Å². The topological polar surface area (TPSA) is 38.3 Å². The summed E-state index contributed by atoms with van der Waals surface area (Å²) in [7, 11) is 0. The second-order valence-electron chi connectivity index (χ2n) is 5.52. The molecule has 0 aromatic heterocycles. The highest BCUT2D eigenvalue weighted by Crippen LogP contribution is 2.25. The van der Waals surface area contributed by atoms with Crippen LogP contribution in [-0.4, -0.2) is 12.5 Å². The summed E-state index contributed by atoms with van der Waals surface area (Å²) in [6.07, 6.45) is 3.24. The number of nitrogens with one attached hydrogen (secondary N) is 1. The fraction of sp³-hybridized carbons (Fsp3) is 0.316. The van der Waals surface area contributed by atoms with Crippen LogP contribution in [0, 0.1) is 0 Å². The largest absolute Gasteiger partial charge is 0.494 e. The molecule has 0 saturated heterocycles. The second-order valence-corrected chi connectivity index (χ2v) is 6.34. The maximum atomic E-state index is 11.9. The number of carbonyl (C=O) groups excluding carboxylic acids is 1. The van der Waals surface area contributed by atoms with Crippen LogP contribution in [-0.2, 0) is 11.2 Å². The summed E-state index contributed by atoms with van der Waals surface area (Å²) in [5, 5.41) is 3.68. The molecule has 0 unspecified atom stereocenters. The number of benzene rings is 2. The summed E-state index contributed by atoms with van der Waals surface area (Å²) in [4.78, 5) is 11.9. The molecule has 0 heterocycles. The van der Waals surface area contributed by atoms with Gasteiger partial charge in [-0.2, -0.15) is 0 Å². The third kappa shape index (κ3) is 6.06. The number of carbonyl (C=O) groups is 1. The minimum atomic E-state index is -0.0738. The molecule has 0 aliphatic carbocycles. The van der Waals surface area contributed by atoms with Crippen LogP contribution in [0.3, 0.4) is 0 Å². The molecule has 0 aliphatic rings. The first kappa shape index (κ1) is 18.6. The number of ether oxygens (including phenoxy) is 1. The Labute approximate surface area is 152 Å². The third-order valence-electron chi connectivity index (χ3n) is 3.48. The summed E-state index contributed by atoms with van der Waals surface area (Å²) in [5.74, 6) is 0.759. The zero-order chi connectivity index (χ0) is 17.4. The van der Waals surface area contributed by atoms with Gasteiger partial charge in [-0.15, -0.1) is 0 Å². The van der Waals surface area contributed by atoms with Gasteiger partial charge < -0.3 is 10.1 Å². The average Bonchev–Trinajstić information content (AvgIpc) is 2.57. The van der Waals surface area contributed by atoms with Crippen molar-refractivity contribution in [2.75, 3.05) is 11.9 Å². The lowest BCUT2D eigenvalue weighted by molar-refractivity contribution is -0.116. The van der Waals surface area contributed by atoms with Gasteiger partial charge in [-0.05, 0) is 48.7 Å². The predicted molar refractivity (Wildman–Crippen MR) is 100 cm³/mol. The Balaban J connectivity index is 1.69. The maximum Gasteiger partial charge on any atom is 0.224 e. The molecule has 1 N–H and O–H groups in total. The Morgan fingerprint density at radius 3 is 2.50 bits per heavy atom. The van der Waals surface area contributed by atoms with E-state index in [2.05, 4.69) is 24.4 Å². The first-order chi connectivity index (χ1) is 11.6. The van der Waals surface area contributed by atoms with Gasteiger partial charge in [0.15, 0.2) is 0 Å². The molecule has 0 aliphatic heterocycles. The molecular weight excluding hydrogens is 345 g/mol. The highest BCUT2D eigenvalue weighted by atomic mass is 35.5. The molecule has 24 heavy (non-hydrogen) atoms. The van der Waals surface area contributed by atoms with E-state index in [0.29, 0.717) is 35.2 Å². The predicted octanol–water partition coefficient (Wildman–Crippen LogP) is 5.74. The van der Waals surface area contributed by atoms with Gasteiger partial charge in [-0.1, -0.05) is 48.7 Å². The number of hydrogen-bond acceptors (Lipinski definition) is 2. The van der Waals surface area contributed by atoms with E-state index in [1.807, 2.05) is 12.1 Å². The lowest BCUT2D eigenvalue weighted by atomic mass is 10.1. The van der Waals surface area contributed by atoms with Gasteiger partial charge in [0.05, 0.1) is 16.7 Å². The number of rotatable bonds is 8. The molecule has 0 atom stereocenters. The van der Waals surface area contributed by atoms with E-state index >= 15 is 0 Å². The van der Waals surface area contributed by atoms with E-state index < -0.39 is 0 Å². The molecule has 2 aromatic carbocycles. The Hall–Kier alpha value is -1.71. The lowest BCUT2D eigenvalue weighted by Gasteiger charge is -2.08. The van der Waals surface area contributed by atoms with Crippen LogP contribution in [0.5, 0.6) is 5.75 Å². The molecule has 0 fully saturated rings. The van der Waals surface area contributed by atoms with Crippen molar-refractivity contribution in [1.29, 1.82) is 0 Å². The van der Waals surface area contributed by atoms with Crippen LogP contribution in [0.15, 0.2) is 42.5 Å². The molecule has 0 radical (unpaired) electrons. The van der Waals surface area contributed by atoms with Gasteiger partial charge in [0.1, 0.15) is 5.75 Å². The van der Waals surface area contributed by atoms with E-state index in [1.165, 1.54) is 5.56 Å². The molecule has 0 bridgehead atoms. The number of hydrogen-bond donors (Lipinski definition) is 1. The minimum absolute atomic E-state index is 0.0738. The van der Waals surface area contributed by atoms with Crippen LogP contribution in [0.4, 0.5) is 5.69 Å². The van der Waals surface area contributed by atoms with Gasteiger partial charge in [-0.25, -0.2) is 0 Å². The molecule has 3 nitrogen and oxygen atoms in total. The summed E-state index contributed by atoms with van der Waals surface area (Å²) in [6, 6.07) is 13.1. The Morgan fingerprint density at radius 1 is 1.08 bits per heavy atom. The molecule has 0 saturated carbocycles. The molecule has 5 heteroatoms. The summed E-state index contributed by atoms with van der Waals surface area (Å²) < 4.78 is 5.66. The maximum absolute atomic E-state index is 11.9. The zero-order valence-electron chi connectivity index (χ0n) is 13.6. The van der Waals surface area contributed by atoms with Gasteiger partial charge in [0, 0.05) is 12.1 Å². The third-order valence-corrected chi connectivity index (χ3v) is 4.22. The molecule has 2 rings (SSSR count). The van der Waals surface area contributed by atoms with Crippen molar-refractivity contribution >= 4 is 34.8 Å². The van der Waals surface area contributed by atoms with Crippen molar-refractivity contribution in [3.63, 3.8) is 0 Å². The van der Waals surface area contributed by atoms with Crippen LogP contribution in [0.25, 0.3) is 0 Å². The van der Waals surface area contributed by atoms with Crippen LogP contribution in [0.2, 0.25) is 10.0 Å². The van der Waals surface area contributed by atoms with E-state index in [4.69, 9.17) is 27.9 Å². The molecule has 2 aromatic rings. The zero-order valence-corrected chi connectivity index (χ0v) is 15.2. The van der Waals surface area contributed by atoms with Crippen LogP contribution < -0.4 is 10.1 Å². The number of amides is 1. The number of aryl methyl sites for hydroxylation is 1. The highest BCUT2D eigenvalue weighted by Gasteiger charge is 2.05. The summed E-state index contributed by atoms with van der Waals surface area (Å²) in [5.41, 5.74) is 1.95. The standard InChI is InChI=1S/C19H21Cl2NO2/c1-2-4-14-6-9-16(10-7-14)24-12-3-5-19(23)22-15-8-11-17(20)18(21)13-15/h6-11,13H,2-5,12H2,1H3,(H,22,23). The van der Waals surface area contributed by atoms with E-state index in [0.717, 1.165) is 18.6 Å². The van der Waals surface area contributed by atoms with Crippen molar-refractivity contribution in [3.05, 3.63) is 58.1 Å². The Bertz CT molecular complexity index is 672. The Kier molecular flexibility index (Phi) is 7.41. The first-order valence-corrected chi connectivity index (χ1v) is 8.80. The second kappa shape index (κ2) is 9.55. The lowest BCUT2D eigenvalue weighted by Crippen LogP contribution is -2.12. The monoisotopic (exact) mass is 365 g/mol. The van der Waals surface area contributed by atoms with Crippen molar-refractivity contribution in [1.82, 2.24) is 0 Å². The summed E-state index contributed by atoms with van der Waals surface area (Å²) >= 11 is 11.8. The molecule has 1 amide bonds. The Morgan fingerprint density at radius 2 is 1.83 bits per heavy atom. The normalized spacial score (nSPS) is 10.5. The SMILES string of the molecule is CCCc1ccc(OCCCC(=O)Nc2ccc(Cl)c(Cl)c2)cc1. The van der Waals surface area contributed by atoms with Crippen LogP contribution in [0.1, 0.15) is 31.7 Å². The van der Waals surface area contributed by atoms with Gasteiger partial charge in [0.2, 0.25) is 5.91 Å². The first-order valence-electron chi connectivity index (χ1n) is 8.05. The minimum Gasteiger partial charge on any atom is -0.494 e. The van der Waals surface area contributed by atoms with Crippen LogP contribution >= 0.6 is 23.2 Å². The average molecular weight is 366 g/mol. The quantitative estimate of drug-likeness (QED) is 0.605. The van der Waals surface area contributed by atoms with E-state index in [-0.39, 0.29) is 5.91 Å². The van der Waals surface area contributed by atoms with Crippen molar-refractivity contribution in [2.45, 2.75) is 32.6 Å². The van der Waals surface area contributed by atoms with Gasteiger partial charge in [-0.3, -0.25) is 4.79 Å². The fourth-order valence-corrected chi connectivity index (χ4v) is 2.56. The van der Waals surface area contributed by atoms with Crippen molar-refractivity contribution in [2.24, 2.45) is 0 Å². The summed E-state index contributed by atoms with van der Waals surface area (Å²) in [6.45, 7) is 2.66. The fourth-order valence-electron chi connectivity index (χ4n) is 2.26. The van der Waals surface area contributed by atoms with E-state index in [9.17, 15) is 4.79 Å².